The highest BCUT2D eigenvalue weighted by Gasteiger charge is 2.25. The number of rotatable bonds is 6. The van der Waals surface area contributed by atoms with E-state index in [1.165, 1.54) is 24.4 Å². The number of ether oxygens (including phenoxy) is 2. The van der Waals surface area contributed by atoms with Gasteiger partial charge in [-0.25, -0.2) is 0 Å². The van der Waals surface area contributed by atoms with Crippen molar-refractivity contribution in [3.8, 4) is 5.69 Å². The lowest BCUT2D eigenvalue weighted by atomic mass is 10.1. The molecule has 0 saturated carbocycles. The fourth-order valence-corrected chi connectivity index (χ4v) is 3.71. The van der Waals surface area contributed by atoms with E-state index in [-0.39, 0.29) is 11.2 Å². The second-order valence-electron chi connectivity index (χ2n) is 6.02. The molecule has 1 aromatic carbocycles. The molecule has 8 heteroatoms. The van der Waals surface area contributed by atoms with Gasteiger partial charge in [0.25, 0.3) is 0 Å². The van der Waals surface area contributed by atoms with Crippen LogP contribution in [0.2, 0.25) is 0 Å². The van der Waals surface area contributed by atoms with Gasteiger partial charge in [-0.05, 0) is 31.0 Å². The zero-order valence-electron chi connectivity index (χ0n) is 15.3. The number of carbonyl (C=O) groups excluding carboxylic acids is 1. The fraction of sp³-hybridized carbons (Fsp3) is 0.500. The highest BCUT2D eigenvalue weighted by atomic mass is 32.2. The molecule has 1 atom stereocenters. The highest BCUT2D eigenvalue weighted by Crippen LogP contribution is 2.30. The summed E-state index contributed by atoms with van der Waals surface area (Å²) < 4.78 is 12.3. The topological polar surface area (TPSA) is 69.5 Å². The maximum Gasteiger partial charge on any atom is 0.318 e. The van der Waals surface area contributed by atoms with Crippen LogP contribution < -0.4 is 4.90 Å². The Kier molecular flexibility index (Phi) is 6.16. The Hall–Kier alpha value is -2.06. The van der Waals surface area contributed by atoms with E-state index in [4.69, 9.17) is 9.47 Å². The smallest absolute Gasteiger partial charge is 0.318 e. The van der Waals surface area contributed by atoms with E-state index in [2.05, 4.69) is 34.2 Å². The van der Waals surface area contributed by atoms with Crippen LogP contribution in [0, 0.1) is 0 Å². The number of aromatic nitrogens is 3. The molecule has 1 saturated heterocycles. The Morgan fingerprint density at radius 2 is 2.12 bits per heavy atom. The Morgan fingerprint density at radius 1 is 1.35 bits per heavy atom. The minimum Gasteiger partial charge on any atom is -0.468 e. The quantitative estimate of drug-likeness (QED) is 0.566. The van der Waals surface area contributed by atoms with E-state index in [0.29, 0.717) is 18.4 Å². The zero-order chi connectivity index (χ0) is 18.5. The molecule has 0 amide bonds. The molecule has 1 fully saturated rings. The van der Waals surface area contributed by atoms with Crippen molar-refractivity contribution in [2.24, 2.45) is 0 Å². The summed E-state index contributed by atoms with van der Waals surface area (Å²) in [6.45, 7) is 6.81. The van der Waals surface area contributed by atoms with Gasteiger partial charge >= 0.3 is 5.97 Å². The Morgan fingerprint density at radius 3 is 2.81 bits per heavy atom. The predicted octanol–water partition coefficient (Wildman–Crippen LogP) is 2.32. The number of hydrogen-bond acceptors (Lipinski definition) is 7. The maximum absolute atomic E-state index is 11.8. The van der Waals surface area contributed by atoms with Crippen LogP contribution in [0.15, 0.2) is 29.4 Å². The molecule has 1 aliphatic rings. The first-order valence-electron chi connectivity index (χ1n) is 8.76. The zero-order valence-corrected chi connectivity index (χ0v) is 16.2. The Labute approximate surface area is 157 Å². The molecule has 0 N–H and O–H groups in total. The van der Waals surface area contributed by atoms with Gasteiger partial charge in [-0.2, -0.15) is 0 Å². The van der Waals surface area contributed by atoms with Gasteiger partial charge in [-0.1, -0.05) is 30.8 Å². The van der Waals surface area contributed by atoms with Crippen molar-refractivity contribution in [2.45, 2.75) is 30.7 Å². The van der Waals surface area contributed by atoms with Gasteiger partial charge in [0.1, 0.15) is 5.25 Å². The number of morpholine rings is 1. The molecule has 1 unspecified atom stereocenters. The van der Waals surface area contributed by atoms with E-state index in [0.717, 1.165) is 31.1 Å². The van der Waals surface area contributed by atoms with Gasteiger partial charge in [0, 0.05) is 13.1 Å². The van der Waals surface area contributed by atoms with Crippen LogP contribution in [0.1, 0.15) is 19.4 Å². The number of thioether (sulfide) groups is 1. The summed E-state index contributed by atoms with van der Waals surface area (Å²) in [5.41, 5.74) is 2.23. The minimum atomic E-state index is -0.366. The molecule has 140 valence electrons. The summed E-state index contributed by atoms with van der Waals surface area (Å²) in [5.74, 6) is 0.501. The van der Waals surface area contributed by atoms with Crippen LogP contribution in [0.5, 0.6) is 0 Å². The third kappa shape index (κ3) is 4.02. The number of carbonyl (C=O) groups is 1. The molecule has 1 aliphatic heterocycles. The first-order valence-corrected chi connectivity index (χ1v) is 9.64. The third-order valence-electron chi connectivity index (χ3n) is 4.30. The van der Waals surface area contributed by atoms with Crippen LogP contribution in [0.4, 0.5) is 5.95 Å². The van der Waals surface area contributed by atoms with Crippen molar-refractivity contribution in [3.63, 3.8) is 0 Å². The molecule has 3 rings (SSSR count). The van der Waals surface area contributed by atoms with E-state index >= 15 is 0 Å². The van der Waals surface area contributed by atoms with Crippen molar-refractivity contribution >= 4 is 23.7 Å². The fourth-order valence-electron chi connectivity index (χ4n) is 2.82. The minimum absolute atomic E-state index is 0.278. The lowest BCUT2D eigenvalue weighted by Crippen LogP contribution is -2.37. The van der Waals surface area contributed by atoms with Gasteiger partial charge in [-0.3, -0.25) is 9.36 Å². The molecule has 2 aromatic rings. The predicted molar refractivity (Wildman–Crippen MR) is 101 cm³/mol. The lowest BCUT2D eigenvalue weighted by Gasteiger charge is -2.28. The summed E-state index contributed by atoms with van der Waals surface area (Å²) in [6.07, 6.45) is 0.948. The number of methoxy groups -OCH3 is 1. The van der Waals surface area contributed by atoms with Crippen molar-refractivity contribution < 1.29 is 14.3 Å². The molecular weight excluding hydrogens is 352 g/mol. The molecule has 2 heterocycles. The van der Waals surface area contributed by atoms with Crippen molar-refractivity contribution in [2.75, 3.05) is 38.3 Å². The molecule has 0 bridgehead atoms. The number of hydrogen-bond donors (Lipinski definition) is 0. The summed E-state index contributed by atoms with van der Waals surface area (Å²) in [6, 6.07) is 8.32. The van der Waals surface area contributed by atoms with Crippen molar-refractivity contribution in [3.05, 3.63) is 29.8 Å². The van der Waals surface area contributed by atoms with E-state index in [1.807, 2.05) is 23.6 Å². The average Bonchev–Trinajstić information content (AvgIpc) is 3.11. The molecule has 26 heavy (non-hydrogen) atoms. The normalized spacial score (nSPS) is 15.7. The first kappa shape index (κ1) is 18.7. The van der Waals surface area contributed by atoms with Gasteiger partial charge in [-0.15, -0.1) is 10.2 Å². The molecule has 0 aliphatic carbocycles. The van der Waals surface area contributed by atoms with Gasteiger partial charge in [0.05, 0.1) is 26.0 Å². The van der Waals surface area contributed by atoms with Crippen molar-refractivity contribution in [1.29, 1.82) is 0 Å². The van der Waals surface area contributed by atoms with Crippen molar-refractivity contribution in [1.82, 2.24) is 14.8 Å². The number of anilines is 1. The SMILES string of the molecule is CCc1cccc(-n2c(SC(C)C(=O)OC)nnc2N2CCOCC2)c1. The standard InChI is InChI=1S/C18H24N4O3S/c1-4-14-6-5-7-15(12-14)22-17(21-8-10-25-11-9-21)19-20-18(22)26-13(2)16(23)24-3/h5-7,12-13H,4,8-11H2,1-3H3. The molecule has 1 aromatic heterocycles. The van der Waals surface area contributed by atoms with Crippen LogP contribution in [0.3, 0.4) is 0 Å². The number of nitrogens with zero attached hydrogens (tertiary/aromatic N) is 4. The van der Waals surface area contributed by atoms with Crippen LogP contribution in [0.25, 0.3) is 5.69 Å². The van der Waals surface area contributed by atoms with Crippen LogP contribution in [-0.4, -0.2) is 59.4 Å². The second-order valence-corrected chi connectivity index (χ2v) is 7.33. The first-order chi connectivity index (χ1) is 12.6. The third-order valence-corrected chi connectivity index (χ3v) is 5.32. The van der Waals surface area contributed by atoms with Gasteiger partial charge in [0.2, 0.25) is 5.95 Å². The van der Waals surface area contributed by atoms with E-state index in [1.54, 1.807) is 0 Å². The number of benzene rings is 1. The molecule has 7 nitrogen and oxygen atoms in total. The molecular formula is C18H24N4O3S. The van der Waals surface area contributed by atoms with E-state index < -0.39 is 0 Å². The van der Waals surface area contributed by atoms with Gasteiger partial charge in [0.15, 0.2) is 5.16 Å². The largest absolute Gasteiger partial charge is 0.468 e. The maximum atomic E-state index is 11.8. The van der Waals surface area contributed by atoms with Crippen LogP contribution >= 0.6 is 11.8 Å². The second kappa shape index (κ2) is 8.55. The number of esters is 1. The monoisotopic (exact) mass is 376 g/mol. The average molecular weight is 376 g/mol. The lowest BCUT2D eigenvalue weighted by molar-refractivity contribution is -0.139. The Balaban J connectivity index is 2.01. The molecule has 0 spiro atoms. The summed E-state index contributed by atoms with van der Waals surface area (Å²) in [7, 11) is 1.40. The molecule has 0 radical (unpaired) electrons. The Bertz CT molecular complexity index is 759. The summed E-state index contributed by atoms with van der Waals surface area (Å²) in [4.78, 5) is 14.0. The van der Waals surface area contributed by atoms with Crippen LogP contribution in [-0.2, 0) is 20.7 Å². The summed E-state index contributed by atoms with van der Waals surface area (Å²) >= 11 is 1.35. The van der Waals surface area contributed by atoms with Gasteiger partial charge < -0.3 is 14.4 Å². The summed E-state index contributed by atoms with van der Waals surface area (Å²) in [5, 5.41) is 9.10. The number of aryl methyl sites for hydroxylation is 1. The van der Waals surface area contributed by atoms with E-state index in [9.17, 15) is 4.79 Å². The highest BCUT2D eigenvalue weighted by molar-refractivity contribution is 8.00.